The predicted molar refractivity (Wildman–Crippen MR) is 84.3 cm³/mol. The van der Waals surface area contributed by atoms with Gasteiger partial charge in [-0.3, -0.25) is 9.59 Å². The van der Waals surface area contributed by atoms with E-state index in [1.807, 2.05) is 0 Å². The van der Waals surface area contributed by atoms with Gasteiger partial charge in [-0.2, -0.15) is 0 Å². The average molecular weight is 343 g/mol. The third kappa shape index (κ3) is 6.25. The highest BCUT2D eigenvalue weighted by atomic mass is 32.2. The lowest BCUT2D eigenvalue weighted by molar-refractivity contribution is -0.121. The van der Waals surface area contributed by atoms with Crippen LogP contribution in [0.1, 0.15) is 19.4 Å². The highest BCUT2D eigenvalue weighted by Gasteiger charge is 2.17. The van der Waals surface area contributed by atoms with E-state index < -0.39 is 21.8 Å². The van der Waals surface area contributed by atoms with Crippen LogP contribution in [0.4, 0.5) is 0 Å². The Bertz CT molecular complexity index is 686. The Labute approximate surface area is 135 Å². The number of benzene rings is 1. The Kier molecular flexibility index (Phi) is 6.52. The van der Waals surface area contributed by atoms with Crippen LogP contribution in [0.2, 0.25) is 0 Å². The summed E-state index contributed by atoms with van der Waals surface area (Å²) in [6.45, 7) is 4.56. The number of carbonyl (C=O) groups is 2. The molecule has 0 aliphatic carbocycles. The van der Waals surface area contributed by atoms with E-state index in [1.54, 1.807) is 20.8 Å². The van der Waals surface area contributed by atoms with E-state index in [1.165, 1.54) is 18.2 Å². The molecule has 8 nitrogen and oxygen atoms in total. The lowest BCUT2D eigenvalue weighted by atomic mass is 10.2. The molecule has 0 radical (unpaired) electrons. The molecular formula is C14H21N3O5S. The quantitative estimate of drug-likeness (QED) is 0.595. The van der Waals surface area contributed by atoms with Gasteiger partial charge in [0.05, 0.1) is 11.4 Å². The van der Waals surface area contributed by atoms with Crippen molar-refractivity contribution >= 4 is 21.8 Å². The number of nitrogens with two attached hydrogens (primary N) is 1. The van der Waals surface area contributed by atoms with Crippen molar-refractivity contribution in [1.29, 1.82) is 0 Å². The highest BCUT2D eigenvalue weighted by Crippen LogP contribution is 2.21. The van der Waals surface area contributed by atoms with Crippen LogP contribution >= 0.6 is 0 Å². The number of aryl methyl sites for hydroxylation is 1. The molecule has 0 saturated heterocycles. The second-order valence-corrected chi connectivity index (χ2v) is 7.00. The molecule has 4 N–H and O–H groups in total. The van der Waals surface area contributed by atoms with Crippen molar-refractivity contribution in [3.05, 3.63) is 23.8 Å². The minimum absolute atomic E-state index is 0.00114. The number of rotatable bonds is 8. The monoisotopic (exact) mass is 343 g/mol. The summed E-state index contributed by atoms with van der Waals surface area (Å²) in [5.74, 6) is -0.680. The summed E-state index contributed by atoms with van der Waals surface area (Å²) in [7, 11) is -3.82. The number of sulfonamides is 1. The SMILES string of the molecule is Cc1cc(S(=O)(=O)NCC(=O)NC(C)C)ccc1OCC(N)=O. The predicted octanol–water partition coefficient (Wildman–Crippen LogP) is -0.338. The zero-order valence-electron chi connectivity index (χ0n) is 13.3. The standard InChI is InChI=1S/C14H21N3O5S/c1-9(2)17-14(19)7-16-23(20,21)11-4-5-12(10(3)6-11)22-8-13(15)18/h4-6,9,16H,7-8H2,1-3H3,(H2,15,18)(H,17,19). The molecular weight excluding hydrogens is 322 g/mol. The summed E-state index contributed by atoms with van der Waals surface area (Å²) in [5.41, 5.74) is 5.51. The van der Waals surface area contributed by atoms with Crippen LogP contribution in [-0.2, 0) is 19.6 Å². The average Bonchev–Trinajstić information content (AvgIpc) is 2.43. The van der Waals surface area contributed by atoms with Crippen LogP contribution in [0.25, 0.3) is 0 Å². The molecule has 2 amide bonds. The van der Waals surface area contributed by atoms with Crippen molar-refractivity contribution in [1.82, 2.24) is 10.0 Å². The molecule has 0 bridgehead atoms. The molecule has 23 heavy (non-hydrogen) atoms. The summed E-state index contributed by atoms with van der Waals surface area (Å²) < 4.78 is 31.7. The summed E-state index contributed by atoms with van der Waals surface area (Å²) in [4.78, 5) is 22.2. The topological polar surface area (TPSA) is 128 Å². The van der Waals surface area contributed by atoms with Gasteiger partial charge in [0, 0.05) is 6.04 Å². The maximum atomic E-state index is 12.1. The second kappa shape index (κ2) is 7.93. The normalized spacial score (nSPS) is 11.3. The van der Waals surface area contributed by atoms with Gasteiger partial charge in [-0.25, -0.2) is 13.1 Å². The van der Waals surface area contributed by atoms with Gasteiger partial charge in [-0.15, -0.1) is 0 Å². The van der Waals surface area contributed by atoms with Crippen LogP contribution in [0.15, 0.2) is 23.1 Å². The van der Waals surface area contributed by atoms with Gasteiger partial charge in [0.15, 0.2) is 6.61 Å². The fourth-order valence-electron chi connectivity index (χ4n) is 1.72. The van der Waals surface area contributed by atoms with Gasteiger partial charge < -0.3 is 15.8 Å². The molecule has 1 aromatic carbocycles. The van der Waals surface area contributed by atoms with Gasteiger partial charge in [0.2, 0.25) is 15.9 Å². The van der Waals surface area contributed by atoms with Crippen molar-refractivity contribution < 1.29 is 22.7 Å². The van der Waals surface area contributed by atoms with E-state index in [9.17, 15) is 18.0 Å². The van der Waals surface area contributed by atoms with Crippen LogP contribution in [-0.4, -0.2) is 39.4 Å². The maximum Gasteiger partial charge on any atom is 0.255 e. The Morgan fingerprint density at radius 3 is 2.48 bits per heavy atom. The number of primary amides is 1. The molecule has 0 aliphatic rings. The number of hydrogen-bond donors (Lipinski definition) is 3. The van der Waals surface area contributed by atoms with Gasteiger partial charge in [-0.05, 0) is 44.5 Å². The maximum absolute atomic E-state index is 12.1. The molecule has 128 valence electrons. The minimum Gasteiger partial charge on any atom is -0.484 e. The number of ether oxygens (including phenoxy) is 1. The molecule has 0 aromatic heterocycles. The lowest BCUT2D eigenvalue weighted by Gasteiger charge is -2.12. The van der Waals surface area contributed by atoms with E-state index in [0.717, 1.165) is 0 Å². The summed E-state index contributed by atoms with van der Waals surface area (Å²) >= 11 is 0. The van der Waals surface area contributed by atoms with E-state index in [-0.39, 0.29) is 24.1 Å². The van der Waals surface area contributed by atoms with Gasteiger partial charge >= 0.3 is 0 Å². The number of nitrogens with one attached hydrogen (secondary N) is 2. The third-order valence-corrected chi connectivity index (χ3v) is 4.10. The molecule has 1 rings (SSSR count). The van der Waals surface area contributed by atoms with E-state index in [0.29, 0.717) is 11.3 Å². The fourth-order valence-corrected chi connectivity index (χ4v) is 2.78. The summed E-state index contributed by atoms with van der Waals surface area (Å²) in [6, 6.07) is 4.07. The Hall–Kier alpha value is -2.13. The van der Waals surface area contributed by atoms with Crippen LogP contribution in [0.3, 0.4) is 0 Å². The first-order valence-corrected chi connectivity index (χ1v) is 8.41. The number of hydrogen-bond acceptors (Lipinski definition) is 5. The Morgan fingerprint density at radius 2 is 1.96 bits per heavy atom. The molecule has 0 heterocycles. The largest absolute Gasteiger partial charge is 0.484 e. The van der Waals surface area contributed by atoms with Gasteiger partial charge in [0.25, 0.3) is 5.91 Å². The summed E-state index contributed by atoms with van der Waals surface area (Å²) in [6.07, 6.45) is 0. The minimum atomic E-state index is -3.82. The van der Waals surface area contributed by atoms with Gasteiger partial charge in [0.1, 0.15) is 5.75 Å². The van der Waals surface area contributed by atoms with Crippen LogP contribution in [0, 0.1) is 6.92 Å². The Balaban J connectivity index is 2.78. The molecule has 0 saturated carbocycles. The Morgan fingerprint density at radius 1 is 1.30 bits per heavy atom. The van der Waals surface area contributed by atoms with E-state index in [4.69, 9.17) is 10.5 Å². The van der Waals surface area contributed by atoms with Crippen molar-refractivity contribution in [2.24, 2.45) is 5.73 Å². The van der Waals surface area contributed by atoms with E-state index in [2.05, 4.69) is 10.0 Å². The van der Waals surface area contributed by atoms with Gasteiger partial charge in [-0.1, -0.05) is 0 Å². The highest BCUT2D eigenvalue weighted by molar-refractivity contribution is 7.89. The molecule has 0 unspecified atom stereocenters. The molecule has 9 heteroatoms. The molecule has 0 spiro atoms. The molecule has 0 atom stereocenters. The number of carbonyl (C=O) groups excluding carboxylic acids is 2. The van der Waals surface area contributed by atoms with Crippen LogP contribution < -0.4 is 20.5 Å². The zero-order chi connectivity index (χ0) is 17.6. The molecule has 0 aliphatic heterocycles. The second-order valence-electron chi connectivity index (χ2n) is 5.23. The fraction of sp³-hybridized carbons (Fsp3) is 0.429. The smallest absolute Gasteiger partial charge is 0.255 e. The lowest BCUT2D eigenvalue weighted by Crippen LogP contribution is -2.39. The third-order valence-electron chi connectivity index (χ3n) is 2.70. The van der Waals surface area contributed by atoms with Crippen molar-refractivity contribution in [2.75, 3.05) is 13.2 Å². The first-order valence-electron chi connectivity index (χ1n) is 6.92. The van der Waals surface area contributed by atoms with Crippen molar-refractivity contribution in [3.63, 3.8) is 0 Å². The number of amides is 2. The zero-order valence-corrected chi connectivity index (χ0v) is 14.1. The molecule has 0 fully saturated rings. The molecule has 1 aromatic rings. The van der Waals surface area contributed by atoms with Crippen molar-refractivity contribution in [2.45, 2.75) is 31.7 Å². The van der Waals surface area contributed by atoms with Crippen LogP contribution in [0.5, 0.6) is 5.75 Å². The first-order chi connectivity index (χ1) is 10.6. The summed E-state index contributed by atoms with van der Waals surface area (Å²) in [5, 5.41) is 2.58. The van der Waals surface area contributed by atoms with Crippen molar-refractivity contribution in [3.8, 4) is 5.75 Å². The first kappa shape index (κ1) is 18.9. The van der Waals surface area contributed by atoms with E-state index >= 15 is 0 Å².